The van der Waals surface area contributed by atoms with E-state index in [2.05, 4.69) is 20.3 Å². The number of nitrogens with one attached hydrogen (secondary N) is 1. The van der Waals surface area contributed by atoms with Gasteiger partial charge in [0.15, 0.2) is 0 Å². The third kappa shape index (κ3) is 2.09. The van der Waals surface area contributed by atoms with Crippen LogP contribution in [0, 0.1) is 0 Å². The van der Waals surface area contributed by atoms with E-state index < -0.39 is 0 Å². The lowest BCUT2D eigenvalue weighted by atomic mass is 10.1. The van der Waals surface area contributed by atoms with Crippen LogP contribution in [0.4, 0.5) is 0 Å². The number of hydrogen-bond acceptors (Lipinski definition) is 5. The molecular formula is C14H17N5O2. The van der Waals surface area contributed by atoms with Crippen LogP contribution in [-0.4, -0.2) is 74.5 Å². The quantitative estimate of drug-likeness (QED) is 0.762. The van der Waals surface area contributed by atoms with E-state index in [0.717, 1.165) is 19.5 Å². The van der Waals surface area contributed by atoms with Crippen molar-refractivity contribution in [1.82, 2.24) is 25.2 Å². The maximum absolute atomic E-state index is 12.7. The summed E-state index contributed by atoms with van der Waals surface area (Å²) < 4.78 is 0. The van der Waals surface area contributed by atoms with E-state index in [1.807, 2.05) is 17.0 Å². The number of rotatable bonds is 1. The fourth-order valence-electron chi connectivity index (χ4n) is 3.41. The fraction of sp³-hybridized carbons (Fsp3) is 0.500. The van der Waals surface area contributed by atoms with Crippen molar-refractivity contribution in [2.75, 3.05) is 26.2 Å². The lowest BCUT2D eigenvalue weighted by Gasteiger charge is -2.37. The molecule has 0 bridgehead atoms. The third-order valence-corrected chi connectivity index (χ3v) is 4.46. The second-order valence-electron chi connectivity index (χ2n) is 5.79. The molecule has 21 heavy (non-hydrogen) atoms. The maximum Gasteiger partial charge on any atom is 0.256 e. The summed E-state index contributed by atoms with van der Waals surface area (Å²) in [5.74, 6) is -0.00413. The van der Waals surface area contributed by atoms with Crippen LogP contribution >= 0.6 is 0 Å². The molecule has 1 aromatic carbocycles. The molecular weight excluding hydrogens is 270 g/mol. The minimum atomic E-state index is -0.260. The number of aromatic nitrogens is 3. The molecule has 0 saturated carbocycles. The van der Waals surface area contributed by atoms with Crippen LogP contribution in [0.2, 0.25) is 0 Å². The normalized spacial score (nSPS) is 26.2. The molecule has 7 heteroatoms. The van der Waals surface area contributed by atoms with Gasteiger partial charge in [-0.15, -0.1) is 0 Å². The van der Waals surface area contributed by atoms with Crippen LogP contribution in [0.3, 0.4) is 0 Å². The first kappa shape index (κ1) is 12.7. The summed E-state index contributed by atoms with van der Waals surface area (Å²) in [5, 5.41) is 20.4. The summed E-state index contributed by atoms with van der Waals surface area (Å²) in [6, 6.07) is 5.73. The summed E-state index contributed by atoms with van der Waals surface area (Å²) >= 11 is 0. The van der Waals surface area contributed by atoms with Gasteiger partial charge in [-0.2, -0.15) is 15.4 Å². The standard InChI is InChI=1S/C14H17N5O2/c20-10-6-9-7-19(5-4-18(9)8-10)14(21)11-2-1-3-12-13(11)16-17-15-12/h1-3,9-10,20H,4-8H2,(H,15,16,17)/t9-,10+/m0/s1. The number of amides is 1. The number of carbonyl (C=O) groups is 1. The van der Waals surface area contributed by atoms with Crippen molar-refractivity contribution in [3.63, 3.8) is 0 Å². The smallest absolute Gasteiger partial charge is 0.256 e. The Hall–Kier alpha value is -1.99. The Bertz CT molecular complexity index is 685. The van der Waals surface area contributed by atoms with Gasteiger partial charge in [0.2, 0.25) is 0 Å². The van der Waals surface area contributed by atoms with Gasteiger partial charge in [-0.1, -0.05) is 6.07 Å². The van der Waals surface area contributed by atoms with Gasteiger partial charge in [-0.05, 0) is 18.6 Å². The molecule has 1 amide bonds. The molecule has 2 aliphatic heterocycles. The van der Waals surface area contributed by atoms with Crippen molar-refractivity contribution in [2.24, 2.45) is 0 Å². The molecule has 110 valence electrons. The number of carbonyl (C=O) groups excluding carboxylic acids is 1. The molecule has 0 unspecified atom stereocenters. The first-order valence-electron chi connectivity index (χ1n) is 7.23. The highest BCUT2D eigenvalue weighted by Crippen LogP contribution is 2.24. The van der Waals surface area contributed by atoms with E-state index in [1.54, 1.807) is 6.07 Å². The van der Waals surface area contributed by atoms with Gasteiger partial charge in [0.1, 0.15) is 11.0 Å². The number of para-hydroxylation sites is 1. The molecule has 0 aliphatic carbocycles. The maximum atomic E-state index is 12.7. The predicted molar refractivity (Wildman–Crippen MR) is 75.8 cm³/mol. The van der Waals surface area contributed by atoms with E-state index in [0.29, 0.717) is 29.7 Å². The summed E-state index contributed by atoms with van der Waals surface area (Å²) in [5.41, 5.74) is 1.92. The summed E-state index contributed by atoms with van der Waals surface area (Å²) in [4.78, 5) is 16.9. The Labute approximate surface area is 121 Å². The van der Waals surface area contributed by atoms with Crippen molar-refractivity contribution in [2.45, 2.75) is 18.6 Å². The number of hydrogen-bond donors (Lipinski definition) is 2. The zero-order valence-corrected chi connectivity index (χ0v) is 11.6. The Morgan fingerprint density at radius 1 is 1.29 bits per heavy atom. The minimum Gasteiger partial charge on any atom is -0.392 e. The number of fused-ring (bicyclic) bond motifs is 2. The van der Waals surface area contributed by atoms with Crippen LogP contribution in [0.5, 0.6) is 0 Å². The van der Waals surface area contributed by atoms with Crippen LogP contribution in [0.15, 0.2) is 18.2 Å². The number of aromatic amines is 1. The molecule has 2 aromatic rings. The topological polar surface area (TPSA) is 85.4 Å². The van der Waals surface area contributed by atoms with E-state index >= 15 is 0 Å². The van der Waals surface area contributed by atoms with Crippen molar-refractivity contribution in [1.29, 1.82) is 0 Å². The van der Waals surface area contributed by atoms with Gasteiger partial charge in [-0.3, -0.25) is 9.69 Å². The molecule has 0 spiro atoms. The average Bonchev–Trinajstić information content (AvgIpc) is 3.09. The van der Waals surface area contributed by atoms with E-state index in [1.165, 1.54) is 0 Å². The van der Waals surface area contributed by atoms with Gasteiger partial charge in [0.05, 0.1) is 11.7 Å². The van der Waals surface area contributed by atoms with Crippen molar-refractivity contribution >= 4 is 16.9 Å². The van der Waals surface area contributed by atoms with Gasteiger partial charge in [0, 0.05) is 32.2 Å². The molecule has 4 rings (SSSR count). The number of H-pyrrole nitrogens is 1. The second kappa shape index (κ2) is 4.78. The molecule has 3 heterocycles. The average molecular weight is 287 g/mol. The zero-order chi connectivity index (χ0) is 14.4. The van der Waals surface area contributed by atoms with Gasteiger partial charge >= 0.3 is 0 Å². The summed E-state index contributed by atoms with van der Waals surface area (Å²) in [7, 11) is 0. The van der Waals surface area contributed by atoms with Crippen molar-refractivity contribution in [3.05, 3.63) is 23.8 Å². The zero-order valence-electron chi connectivity index (χ0n) is 11.6. The van der Waals surface area contributed by atoms with Gasteiger partial charge in [-0.25, -0.2) is 0 Å². The Morgan fingerprint density at radius 3 is 3.10 bits per heavy atom. The highest BCUT2D eigenvalue weighted by atomic mass is 16.3. The lowest BCUT2D eigenvalue weighted by molar-refractivity contribution is 0.0571. The van der Waals surface area contributed by atoms with E-state index in [-0.39, 0.29) is 18.1 Å². The lowest BCUT2D eigenvalue weighted by Crippen LogP contribution is -2.52. The van der Waals surface area contributed by atoms with E-state index in [9.17, 15) is 9.90 Å². The molecule has 2 atom stereocenters. The Balaban J connectivity index is 1.59. The highest BCUT2D eigenvalue weighted by molar-refractivity contribution is 6.04. The first-order valence-corrected chi connectivity index (χ1v) is 7.23. The number of aliphatic hydroxyl groups excluding tert-OH is 1. The van der Waals surface area contributed by atoms with Crippen molar-refractivity contribution in [3.8, 4) is 0 Å². The number of piperazine rings is 1. The molecule has 2 N–H and O–H groups in total. The highest BCUT2D eigenvalue weighted by Gasteiger charge is 2.37. The number of nitrogens with zero attached hydrogens (tertiary/aromatic N) is 4. The van der Waals surface area contributed by atoms with Crippen LogP contribution in [0.25, 0.3) is 11.0 Å². The number of aliphatic hydroxyl groups is 1. The largest absolute Gasteiger partial charge is 0.392 e. The monoisotopic (exact) mass is 287 g/mol. The number of benzene rings is 1. The molecule has 0 radical (unpaired) electrons. The van der Waals surface area contributed by atoms with E-state index in [4.69, 9.17) is 0 Å². The Morgan fingerprint density at radius 2 is 2.19 bits per heavy atom. The Kier molecular flexibility index (Phi) is 2.90. The van der Waals surface area contributed by atoms with Gasteiger partial charge < -0.3 is 10.0 Å². The SMILES string of the molecule is O=C(c1cccc2n[nH]nc12)N1CCN2C[C@H](O)C[C@H]2C1. The van der Waals surface area contributed by atoms with Crippen molar-refractivity contribution < 1.29 is 9.90 Å². The molecule has 7 nitrogen and oxygen atoms in total. The molecule has 2 saturated heterocycles. The summed E-state index contributed by atoms with van der Waals surface area (Å²) in [6.07, 6.45) is 0.488. The minimum absolute atomic E-state index is 0.00413. The molecule has 1 aromatic heterocycles. The first-order chi connectivity index (χ1) is 10.2. The fourth-order valence-corrected chi connectivity index (χ4v) is 3.41. The summed E-state index contributed by atoms with van der Waals surface area (Å²) in [6.45, 7) is 2.91. The van der Waals surface area contributed by atoms with Gasteiger partial charge in [0.25, 0.3) is 5.91 Å². The third-order valence-electron chi connectivity index (χ3n) is 4.46. The van der Waals surface area contributed by atoms with Crippen LogP contribution in [-0.2, 0) is 0 Å². The molecule has 2 fully saturated rings. The molecule has 2 aliphatic rings. The second-order valence-corrected chi connectivity index (χ2v) is 5.79. The predicted octanol–water partition coefficient (Wildman–Crippen LogP) is -0.151. The van der Waals surface area contributed by atoms with Crippen LogP contribution in [0.1, 0.15) is 16.8 Å². The van der Waals surface area contributed by atoms with Crippen LogP contribution < -0.4 is 0 Å².